The van der Waals surface area contributed by atoms with E-state index in [0.717, 1.165) is 31.2 Å². The molecule has 1 aromatic rings. The summed E-state index contributed by atoms with van der Waals surface area (Å²) in [7, 11) is 0. The van der Waals surface area contributed by atoms with Crippen molar-refractivity contribution in [2.24, 2.45) is 5.92 Å². The summed E-state index contributed by atoms with van der Waals surface area (Å²) in [5.74, 6) is -0.874. The molecule has 1 saturated heterocycles. The number of hydrogen-bond donors (Lipinski definition) is 2. The summed E-state index contributed by atoms with van der Waals surface area (Å²) in [6.45, 7) is 1.29. The molecule has 0 radical (unpaired) electrons. The first-order valence-electron chi connectivity index (χ1n) is 8.34. The normalized spacial score (nSPS) is 20.9. The summed E-state index contributed by atoms with van der Waals surface area (Å²) in [6, 6.07) is 9.89. The molecule has 2 N–H and O–H groups in total. The van der Waals surface area contributed by atoms with Crippen LogP contribution in [0.4, 0.5) is 0 Å². The number of carbonyl (C=O) groups is 2. The van der Waals surface area contributed by atoms with Gasteiger partial charge in [0.15, 0.2) is 0 Å². The fourth-order valence-electron chi connectivity index (χ4n) is 2.94. The van der Waals surface area contributed by atoms with Crippen LogP contribution in [-0.4, -0.2) is 30.1 Å². The molecule has 23 heavy (non-hydrogen) atoms. The Morgan fingerprint density at radius 3 is 2.70 bits per heavy atom. The molecule has 2 unspecified atom stereocenters. The van der Waals surface area contributed by atoms with E-state index in [1.165, 1.54) is 0 Å². The highest BCUT2D eigenvalue weighted by Crippen LogP contribution is 2.33. The molecule has 126 valence electrons. The van der Waals surface area contributed by atoms with Gasteiger partial charge in [-0.1, -0.05) is 36.8 Å². The van der Waals surface area contributed by atoms with Gasteiger partial charge in [-0.2, -0.15) is 0 Å². The highest BCUT2D eigenvalue weighted by atomic mass is 16.5. The molecule has 1 fully saturated rings. The minimum absolute atomic E-state index is 0.0387. The van der Waals surface area contributed by atoms with Crippen molar-refractivity contribution in [3.05, 3.63) is 35.9 Å². The van der Waals surface area contributed by atoms with Crippen molar-refractivity contribution in [2.45, 2.75) is 44.6 Å². The lowest BCUT2D eigenvalue weighted by atomic mass is 9.88. The Morgan fingerprint density at radius 2 is 1.96 bits per heavy atom. The SMILES string of the molecule is O=C(O)CCCCCNC(=O)C1CCCOC1c1ccccc1. The lowest BCUT2D eigenvalue weighted by Crippen LogP contribution is -2.38. The minimum Gasteiger partial charge on any atom is -0.481 e. The number of ether oxygens (including phenoxy) is 1. The standard InChI is InChI=1S/C18H25NO4/c20-16(21)11-5-2-6-12-19-18(22)15-10-7-13-23-17(15)14-8-3-1-4-9-14/h1,3-4,8-9,15,17H,2,5-7,10-13H2,(H,19,22)(H,20,21). The molecular weight excluding hydrogens is 294 g/mol. The molecule has 0 aliphatic carbocycles. The molecule has 5 nitrogen and oxygen atoms in total. The van der Waals surface area contributed by atoms with E-state index in [9.17, 15) is 9.59 Å². The predicted molar refractivity (Wildman–Crippen MR) is 87.0 cm³/mol. The van der Waals surface area contributed by atoms with Crippen LogP contribution in [0.15, 0.2) is 30.3 Å². The zero-order valence-electron chi connectivity index (χ0n) is 13.4. The molecule has 2 rings (SSSR count). The number of nitrogens with one attached hydrogen (secondary N) is 1. The van der Waals surface area contributed by atoms with Crippen molar-refractivity contribution in [1.29, 1.82) is 0 Å². The Bertz CT molecular complexity index is 503. The number of benzene rings is 1. The molecule has 0 aromatic heterocycles. The third-order valence-electron chi connectivity index (χ3n) is 4.15. The van der Waals surface area contributed by atoms with Gasteiger partial charge >= 0.3 is 5.97 Å². The summed E-state index contributed by atoms with van der Waals surface area (Å²) in [4.78, 5) is 22.9. The van der Waals surface area contributed by atoms with E-state index in [1.54, 1.807) is 0 Å². The lowest BCUT2D eigenvalue weighted by Gasteiger charge is -2.31. The van der Waals surface area contributed by atoms with Gasteiger partial charge in [0.05, 0.1) is 12.0 Å². The van der Waals surface area contributed by atoms with Crippen LogP contribution in [0, 0.1) is 5.92 Å². The van der Waals surface area contributed by atoms with Gasteiger partial charge in [0, 0.05) is 19.6 Å². The molecule has 2 atom stereocenters. The van der Waals surface area contributed by atoms with E-state index in [4.69, 9.17) is 9.84 Å². The Labute approximate surface area is 137 Å². The van der Waals surface area contributed by atoms with Gasteiger partial charge in [-0.3, -0.25) is 9.59 Å². The van der Waals surface area contributed by atoms with Gasteiger partial charge in [-0.15, -0.1) is 0 Å². The first kappa shape index (κ1) is 17.5. The van der Waals surface area contributed by atoms with Gasteiger partial charge in [-0.05, 0) is 31.2 Å². The Hall–Kier alpha value is -1.88. The third-order valence-corrected chi connectivity index (χ3v) is 4.15. The van der Waals surface area contributed by atoms with Crippen molar-refractivity contribution < 1.29 is 19.4 Å². The quantitative estimate of drug-likeness (QED) is 0.722. The van der Waals surface area contributed by atoms with E-state index >= 15 is 0 Å². The summed E-state index contributed by atoms with van der Waals surface area (Å²) < 4.78 is 5.84. The average molecular weight is 319 g/mol. The van der Waals surface area contributed by atoms with Gasteiger partial charge in [-0.25, -0.2) is 0 Å². The third kappa shape index (κ3) is 5.67. The van der Waals surface area contributed by atoms with Crippen LogP contribution in [0.3, 0.4) is 0 Å². The number of unbranched alkanes of at least 4 members (excludes halogenated alkanes) is 2. The average Bonchev–Trinajstić information content (AvgIpc) is 2.58. The molecule has 0 spiro atoms. The maximum Gasteiger partial charge on any atom is 0.303 e. The van der Waals surface area contributed by atoms with Crippen LogP contribution in [-0.2, 0) is 14.3 Å². The fourth-order valence-corrected chi connectivity index (χ4v) is 2.94. The van der Waals surface area contributed by atoms with Crippen molar-refractivity contribution in [2.75, 3.05) is 13.2 Å². The smallest absolute Gasteiger partial charge is 0.303 e. The van der Waals surface area contributed by atoms with E-state index in [0.29, 0.717) is 19.6 Å². The summed E-state index contributed by atoms with van der Waals surface area (Å²) in [6.07, 6.45) is 4.05. The molecule has 0 saturated carbocycles. The van der Waals surface area contributed by atoms with Crippen molar-refractivity contribution in [3.63, 3.8) is 0 Å². The fraction of sp³-hybridized carbons (Fsp3) is 0.556. The van der Waals surface area contributed by atoms with E-state index in [-0.39, 0.29) is 24.3 Å². The maximum atomic E-state index is 12.4. The highest BCUT2D eigenvalue weighted by Gasteiger charge is 2.32. The van der Waals surface area contributed by atoms with Gasteiger partial charge < -0.3 is 15.2 Å². The van der Waals surface area contributed by atoms with Gasteiger partial charge in [0.25, 0.3) is 0 Å². The molecule has 1 aliphatic heterocycles. The number of rotatable bonds is 8. The molecule has 1 aromatic carbocycles. The number of hydrogen-bond acceptors (Lipinski definition) is 3. The van der Waals surface area contributed by atoms with E-state index in [2.05, 4.69) is 5.32 Å². The van der Waals surface area contributed by atoms with Crippen molar-refractivity contribution in [3.8, 4) is 0 Å². The van der Waals surface area contributed by atoms with Crippen molar-refractivity contribution >= 4 is 11.9 Å². The first-order valence-corrected chi connectivity index (χ1v) is 8.34. The zero-order valence-corrected chi connectivity index (χ0v) is 13.4. The first-order chi connectivity index (χ1) is 11.2. The lowest BCUT2D eigenvalue weighted by molar-refractivity contribution is -0.137. The number of carboxylic acid groups (broad SMARTS) is 1. The molecular formula is C18H25NO4. The zero-order chi connectivity index (χ0) is 16.5. The monoisotopic (exact) mass is 319 g/mol. The van der Waals surface area contributed by atoms with Crippen molar-refractivity contribution in [1.82, 2.24) is 5.32 Å². The summed E-state index contributed by atoms with van der Waals surface area (Å²) in [5, 5.41) is 11.6. The summed E-state index contributed by atoms with van der Waals surface area (Å²) in [5.41, 5.74) is 1.05. The number of carboxylic acids is 1. The second-order valence-electron chi connectivity index (χ2n) is 5.95. The maximum absolute atomic E-state index is 12.4. The van der Waals surface area contributed by atoms with Gasteiger partial charge in [0.2, 0.25) is 5.91 Å². The number of carbonyl (C=O) groups excluding carboxylic acids is 1. The van der Waals surface area contributed by atoms with Crippen LogP contribution in [0.5, 0.6) is 0 Å². The Balaban J connectivity index is 1.78. The second kappa shape index (κ2) is 9.30. The van der Waals surface area contributed by atoms with Crippen LogP contribution >= 0.6 is 0 Å². The molecule has 1 aliphatic rings. The van der Waals surface area contributed by atoms with Gasteiger partial charge in [0.1, 0.15) is 0 Å². The topological polar surface area (TPSA) is 75.6 Å². The van der Waals surface area contributed by atoms with Crippen LogP contribution in [0.2, 0.25) is 0 Å². The Morgan fingerprint density at radius 1 is 1.17 bits per heavy atom. The predicted octanol–water partition coefficient (Wildman–Crippen LogP) is 2.92. The molecule has 0 bridgehead atoms. The molecule has 5 heteroatoms. The Kier molecular flexibility index (Phi) is 7.07. The minimum atomic E-state index is -0.765. The van der Waals surface area contributed by atoms with Crippen LogP contribution < -0.4 is 5.32 Å². The number of amides is 1. The molecule has 1 heterocycles. The molecule has 1 amide bonds. The second-order valence-corrected chi connectivity index (χ2v) is 5.95. The summed E-state index contributed by atoms with van der Waals surface area (Å²) >= 11 is 0. The van der Waals surface area contributed by atoms with Crippen LogP contribution in [0.1, 0.15) is 50.2 Å². The van der Waals surface area contributed by atoms with E-state index < -0.39 is 5.97 Å². The van der Waals surface area contributed by atoms with E-state index in [1.807, 2.05) is 30.3 Å². The largest absolute Gasteiger partial charge is 0.481 e. The van der Waals surface area contributed by atoms with Crippen LogP contribution in [0.25, 0.3) is 0 Å². The number of aliphatic carboxylic acids is 1. The highest BCUT2D eigenvalue weighted by molar-refractivity contribution is 5.79.